The molecule has 1 aliphatic heterocycles. The van der Waals surface area contributed by atoms with E-state index in [2.05, 4.69) is 38.9 Å². The van der Waals surface area contributed by atoms with E-state index in [1.165, 1.54) is 11.1 Å². The average Bonchev–Trinajstić information content (AvgIpc) is 3.61. The molecule has 0 unspecified atom stereocenters. The molecule has 1 amide bonds. The van der Waals surface area contributed by atoms with Gasteiger partial charge in [0.15, 0.2) is 11.6 Å². The van der Waals surface area contributed by atoms with Gasteiger partial charge >= 0.3 is 5.97 Å². The van der Waals surface area contributed by atoms with Crippen molar-refractivity contribution in [1.82, 2.24) is 10.9 Å². The molecule has 0 saturated heterocycles. The van der Waals surface area contributed by atoms with Gasteiger partial charge in [0.05, 0.1) is 6.61 Å². The number of ether oxygens (including phenoxy) is 3. The van der Waals surface area contributed by atoms with Gasteiger partial charge in [0.25, 0.3) is 5.91 Å². The number of nitrogens with zero attached hydrogens (tertiary/aromatic N) is 1. The summed E-state index contributed by atoms with van der Waals surface area (Å²) >= 11 is 3.50. The number of carbonyl (C=O) groups excluding carboxylic acids is 2. The number of nitrogens with one attached hydrogen (secondary N) is 2. The van der Waals surface area contributed by atoms with Crippen LogP contribution in [0.15, 0.2) is 82.3 Å². The third-order valence-electron chi connectivity index (χ3n) is 7.77. The number of hydrogen-bond acceptors (Lipinski definition) is 8. The van der Waals surface area contributed by atoms with Crippen molar-refractivity contribution < 1.29 is 28.9 Å². The summed E-state index contributed by atoms with van der Waals surface area (Å²) in [5, 5.41) is 9.05. The molecule has 0 radical (unpaired) electrons. The zero-order valence-corrected chi connectivity index (χ0v) is 27.4. The highest BCUT2D eigenvalue weighted by atomic mass is 79.9. The first-order valence-electron chi connectivity index (χ1n) is 15.3. The normalized spacial score (nSPS) is 19.4. The molecule has 2 aliphatic rings. The van der Waals surface area contributed by atoms with E-state index in [1.54, 1.807) is 12.1 Å². The third-order valence-corrected chi connectivity index (χ3v) is 8.30. The maximum absolute atomic E-state index is 14.4. The van der Waals surface area contributed by atoms with Crippen molar-refractivity contribution in [3.8, 4) is 5.75 Å². The fraction of sp³-hybridized carbons (Fsp3) is 0.400. The number of esters is 1. The summed E-state index contributed by atoms with van der Waals surface area (Å²) in [6.45, 7) is 5.89. The Morgan fingerprint density at radius 3 is 2.31 bits per heavy atom. The summed E-state index contributed by atoms with van der Waals surface area (Å²) in [7, 11) is 0. The first-order valence-corrected chi connectivity index (χ1v) is 16.1. The molecule has 10 heteroatoms. The highest BCUT2D eigenvalue weighted by Crippen LogP contribution is 2.43. The van der Waals surface area contributed by atoms with Crippen LogP contribution in [0.25, 0.3) is 0 Å². The van der Waals surface area contributed by atoms with Gasteiger partial charge in [-0.3, -0.25) is 15.0 Å². The zero-order chi connectivity index (χ0) is 32.0. The van der Waals surface area contributed by atoms with Crippen LogP contribution >= 0.6 is 15.9 Å². The number of hydrazine groups is 1. The lowest BCUT2D eigenvalue weighted by Crippen LogP contribution is -2.55. The Labute approximate surface area is 272 Å². The molecule has 1 heterocycles. The molecule has 0 fully saturated rings. The Hall–Kier alpha value is -3.73. The first kappa shape index (κ1) is 32.7. The summed E-state index contributed by atoms with van der Waals surface area (Å²) < 4.78 is 18.7. The van der Waals surface area contributed by atoms with Gasteiger partial charge in [-0.15, -0.1) is 0 Å². The van der Waals surface area contributed by atoms with E-state index in [1.807, 2.05) is 69.3 Å². The minimum absolute atomic E-state index is 0.0181. The second kappa shape index (κ2) is 14.1. The van der Waals surface area contributed by atoms with Crippen LogP contribution in [-0.2, 0) is 31.9 Å². The minimum atomic E-state index is -1.48. The number of rotatable bonds is 12. The maximum Gasteiger partial charge on any atom is 0.306 e. The van der Waals surface area contributed by atoms with E-state index in [-0.39, 0.29) is 31.4 Å². The van der Waals surface area contributed by atoms with Gasteiger partial charge in [-0.05, 0) is 93.1 Å². The van der Waals surface area contributed by atoms with Gasteiger partial charge in [0, 0.05) is 35.5 Å². The van der Waals surface area contributed by atoms with Crippen LogP contribution in [0.1, 0.15) is 68.4 Å². The van der Waals surface area contributed by atoms with Crippen molar-refractivity contribution in [2.75, 3.05) is 13.2 Å². The molecule has 45 heavy (non-hydrogen) atoms. The zero-order valence-electron chi connectivity index (χ0n) is 25.8. The van der Waals surface area contributed by atoms with Gasteiger partial charge in [-0.1, -0.05) is 52.3 Å². The SMILES string of the molecule is CC(C)(C)OC(=O)CC[C@]1(C(=O)NNC2Cc3ccccc3C2)N=C(c2ccc(OCCCO)cc2)O[C@H]1c1ccc(Br)cc1. The van der Waals surface area contributed by atoms with Crippen LogP contribution in [0.3, 0.4) is 0 Å². The minimum Gasteiger partial charge on any atom is -0.494 e. The van der Waals surface area contributed by atoms with Crippen LogP contribution in [-0.4, -0.2) is 53.3 Å². The average molecular weight is 679 g/mol. The number of aliphatic imine (C=N–C) groups is 1. The van der Waals surface area contributed by atoms with Crippen LogP contribution in [0.4, 0.5) is 0 Å². The van der Waals surface area contributed by atoms with E-state index in [9.17, 15) is 9.59 Å². The first-order chi connectivity index (χ1) is 21.6. The van der Waals surface area contributed by atoms with Crippen molar-refractivity contribution in [3.63, 3.8) is 0 Å². The van der Waals surface area contributed by atoms with Gasteiger partial charge < -0.3 is 19.3 Å². The number of hydrogen-bond donors (Lipinski definition) is 3. The highest BCUT2D eigenvalue weighted by molar-refractivity contribution is 9.10. The number of benzene rings is 3. The summed E-state index contributed by atoms with van der Waals surface area (Å²) in [5.74, 6) is 0.119. The molecule has 1 aliphatic carbocycles. The Kier molecular flexibility index (Phi) is 10.3. The fourth-order valence-corrected chi connectivity index (χ4v) is 5.89. The molecular formula is C35H40BrN3O6. The molecule has 0 saturated carbocycles. The number of aliphatic hydroxyl groups is 1. The number of aliphatic hydroxyl groups excluding tert-OH is 1. The van der Waals surface area contributed by atoms with E-state index < -0.39 is 29.1 Å². The Morgan fingerprint density at radius 1 is 1.02 bits per heavy atom. The van der Waals surface area contributed by atoms with Gasteiger partial charge in [-0.25, -0.2) is 10.4 Å². The second-order valence-corrected chi connectivity index (χ2v) is 13.3. The molecule has 0 aromatic heterocycles. The lowest BCUT2D eigenvalue weighted by Gasteiger charge is -2.31. The Morgan fingerprint density at radius 2 is 1.69 bits per heavy atom. The van der Waals surface area contributed by atoms with Crippen molar-refractivity contribution in [2.45, 2.75) is 76.2 Å². The lowest BCUT2D eigenvalue weighted by atomic mass is 9.83. The number of halogens is 1. The second-order valence-electron chi connectivity index (χ2n) is 12.4. The molecule has 2 atom stereocenters. The van der Waals surface area contributed by atoms with E-state index in [0.29, 0.717) is 24.3 Å². The quantitative estimate of drug-likeness (QED) is 0.134. The molecule has 3 N–H and O–H groups in total. The molecule has 0 bridgehead atoms. The smallest absolute Gasteiger partial charge is 0.306 e. The lowest BCUT2D eigenvalue weighted by molar-refractivity contribution is -0.155. The van der Waals surface area contributed by atoms with E-state index >= 15 is 0 Å². The number of carbonyl (C=O) groups is 2. The molecule has 3 aromatic rings. The van der Waals surface area contributed by atoms with Crippen LogP contribution in [0.5, 0.6) is 5.75 Å². The number of amides is 1. The van der Waals surface area contributed by atoms with Gasteiger partial charge in [0.2, 0.25) is 5.90 Å². The van der Waals surface area contributed by atoms with E-state index in [4.69, 9.17) is 24.3 Å². The Balaban J connectivity index is 1.46. The van der Waals surface area contributed by atoms with Crippen molar-refractivity contribution in [3.05, 3.63) is 99.5 Å². The molecule has 0 spiro atoms. The third kappa shape index (κ3) is 8.11. The topological polar surface area (TPSA) is 118 Å². The van der Waals surface area contributed by atoms with E-state index in [0.717, 1.165) is 22.9 Å². The van der Waals surface area contributed by atoms with Crippen LogP contribution in [0.2, 0.25) is 0 Å². The molecule has 9 nitrogen and oxygen atoms in total. The summed E-state index contributed by atoms with van der Waals surface area (Å²) in [6, 6.07) is 23.1. The highest BCUT2D eigenvalue weighted by Gasteiger charge is 2.53. The number of fused-ring (bicyclic) bond motifs is 1. The Bertz CT molecular complexity index is 1490. The maximum atomic E-state index is 14.4. The van der Waals surface area contributed by atoms with Crippen LogP contribution in [0, 0.1) is 0 Å². The summed E-state index contributed by atoms with van der Waals surface area (Å²) in [4.78, 5) is 32.3. The molecule has 5 rings (SSSR count). The van der Waals surface area contributed by atoms with Gasteiger partial charge in [0.1, 0.15) is 11.4 Å². The predicted octanol–water partition coefficient (Wildman–Crippen LogP) is 5.38. The summed E-state index contributed by atoms with van der Waals surface area (Å²) in [5.41, 5.74) is 7.97. The van der Waals surface area contributed by atoms with Gasteiger partial charge in [-0.2, -0.15) is 0 Å². The summed E-state index contributed by atoms with van der Waals surface area (Å²) in [6.07, 6.45) is 1.32. The monoisotopic (exact) mass is 677 g/mol. The largest absolute Gasteiger partial charge is 0.494 e. The molecule has 3 aromatic carbocycles. The predicted molar refractivity (Wildman–Crippen MR) is 175 cm³/mol. The van der Waals surface area contributed by atoms with Crippen molar-refractivity contribution in [1.29, 1.82) is 0 Å². The van der Waals surface area contributed by atoms with Crippen molar-refractivity contribution in [2.24, 2.45) is 4.99 Å². The van der Waals surface area contributed by atoms with Crippen molar-refractivity contribution >= 4 is 33.7 Å². The van der Waals surface area contributed by atoms with Crippen LogP contribution < -0.4 is 15.6 Å². The fourth-order valence-electron chi connectivity index (χ4n) is 5.63. The molecular weight excluding hydrogens is 638 g/mol. The molecule has 238 valence electrons. The standard InChI is InChI=1S/C35H40BrN3O6/c1-34(2,3)45-30(41)17-18-35(33(42)39-38-28-21-25-7-4-5-8-26(25)22-28)31(23-9-13-27(36)14-10-23)44-32(37-35)24-11-15-29(16-12-24)43-20-6-19-40/h4-5,7-16,28,31,38,40H,6,17-22H2,1-3H3,(H,39,42)/t31-,35-/m0/s1.